The van der Waals surface area contributed by atoms with Crippen LogP contribution in [-0.2, 0) is 10.0 Å². The maximum absolute atomic E-state index is 12.4. The average molecular weight is 331 g/mol. The summed E-state index contributed by atoms with van der Waals surface area (Å²) < 4.78 is 27.0. The summed E-state index contributed by atoms with van der Waals surface area (Å²) in [5.74, 6) is 0. The maximum atomic E-state index is 12.4. The lowest BCUT2D eigenvalue weighted by atomic mass is 10.2. The van der Waals surface area contributed by atoms with E-state index in [9.17, 15) is 8.42 Å². The van der Waals surface area contributed by atoms with Crippen LogP contribution < -0.4 is 5.73 Å². The minimum Gasteiger partial charge on any atom is -0.398 e. The molecule has 0 aromatic heterocycles. The molecule has 4 nitrogen and oxygen atoms in total. The van der Waals surface area contributed by atoms with Crippen LogP contribution in [0.1, 0.15) is 13.3 Å². The highest BCUT2D eigenvalue weighted by atomic mass is 79.9. The molecule has 0 spiro atoms. The molecule has 0 saturated carbocycles. The lowest BCUT2D eigenvalue weighted by Crippen LogP contribution is -2.35. The van der Waals surface area contributed by atoms with Crippen LogP contribution >= 0.6 is 15.9 Å². The third kappa shape index (κ3) is 2.60. The van der Waals surface area contributed by atoms with Crippen molar-refractivity contribution in [2.75, 3.05) is 18.8 Å². The minimum atomic E-state index is -3.44. The molecule has 0 fully saturated rings. The second kappa shape index (κ2) is 5.03. The Bertz CT molecular complexity index is 596. The smallest absolute Gasteiger partial charge is 0.243 e. The Morgan fingerprint density at radius 1 is 1.39 bits per heavy atom. The SMILES string of the molecule is CC1=CCCN(S(=O)(=O)c2ccc(Br)c(N)c2)C1. The molecule has 0 amide bonds. The van der Waals surface area contributed by atoms with Gasteiger partial charge in [-0.1, -0.05) is 11.6 Å². The predicted octanol–water partition coefficient (Wildman–Crippen LogP) is 2.37. The van der Waals surface area contributed by atoms with E-state index in [0.717, 1.165) is 12.0 Å². The second-order valence-electron chi connectivity index (χ2n) is 4.36. The molecule has 1 aliphatic rings. The zero-order chi connectivity index (χ0) is 13.3. The normalized spacial score (nSPS) is 17.6. The van der Waals surface area contributed by atoms with E-state index < -0.39 is 10.0 Å². The van der Waals surface area contributed by atoms with Crippen LogP contribution in [0, 0.1) is 0 Å². The molecule has 1 aliphatic heterocycles. The fourth-order valence-electron chi connectivity index (χ4n) is 1.91. The Kier molecular flexibility index (Phi) is 3.79. The number of nitrogens with zero attached hydrogens (tertiary/aromatic N) is 1. The highest BCUT2D eigenvalue weighted by molar-refractivity contribution is 9.10. The van der Waals surface area contributed by atoms with Gasteiger partial charge in [-0.3, -0.25) is 0 Å². The summed E-state index contributed by atoms with van der Waals surface area (Å²) >= 11 is 3.26. The van der Waals surface area contributed by atoms with E-state index in [0.29, 0.717) is 23.2 Å². The first-order chi connectivity index (χ1) is 8.41. The average Bonchev–Trinajstić information content (AvgIpc) is 2.32. The van der Waals surface area contributed by atoms with Gasteiger partial charge in [0.1, 0.15) is 0 Å². The fourth-order valence-corrected chi connectivity index (χ4v) is 3.69. The van der Waals surface area contributed by atoms with Gasteiger partial charge < -0.3 is 5.73 Å². The minimum absolute atomic E-state index is 0.248. The molecule has 0 radical (unpaired) electrons. The van der Waals surface area contributed by atoms with Gasteiger partial charge in [-0.2, -0.15) is 4.31 Å². The van der Waals surface area contributed by atoms with Gasteiger partial charge in [-0.05, 0) is 47.5 Å². The molecule has 2 N–H and O–H groups in total. The molecule has 0 bridgehead atoms. The van der Waals surface area contributed by atoms with Crippen LogP contribution in [-0.4, -0.2) is 25.8 Å². The van der Waals surface area contributed by atoms with Crippen LogP contribution in [0.25, 0.3) is 0 Å². The topological polar surface area (TPSA) is 63.4 Å². The molecule has 98 valence electrons. The van der Waals surface area contributed by atoms with Crippen LogP contribution in [0.3, 0.4) is 0 Å². The molecular weight excluding hydrogens is 316 g/mol. The standard InChI is InChI=1S/C12H15BrN2O2S/c1-9-3-2-6-15(8-9)18(16,17)10-4-5-11(13)12(14)7-10/h3-5,7H,2,6,8,14H2,1H3. The Labute approximate surface area is 116 Å². The summed E-state index contributed by atoms with van der Waals surface area (Å²) in [5.41, 5.74) is 7.24. The van der Waals surface area contributed by atoms with E-state index in [4.69, 9.17) is 5.73 Å². The highest BCUT2D eigenvalue weighted by Crippen LogP contribution is 2.26. The van der Waals surface area contributed by atoms with Crippen molar-refractivity contribution in [1.29, 1.82) is 0 Å². The van der Waals surface area contributed by atoms with Crippen molar-refractivity contribution in [3.8, 4) is 0 Å². The van der Waals surface area contributed by atoms with Crippen LogP contribution in [0.4, 0.5) is 5.69 Å². The maximum Gasteiger partial charge on any atom is 0.243 e. The quantitative estimate of drug-likeness (QED) is 0.668. The molecule has 1 aromatic rings. The summed E-state index contributed by atoms with van der Waals surface area (Å²) in [6.07, 6.45) is 2.83. The van der Waals surface area contributed by atoms with Crippen molar-refractivity contribution in [3.05, 3.63) is 34.3 Å². The number of hydrogen-bond donors (Lipinski definition) is 1. The van der Waals surface area contributed by atoms with E-state index in [1.807, 2.05) is 6.92 Å². The van der Waals surface area contributed by atoms with Gasteiger partial charge in [0, 0.05) is 23.2 Å². The van der Waals surface area contributed by atoms with Gasteiger partial charge >= 0.3 is 0 Å². The van der Waals surface area contributed by atoms with Crippen LogP contribution in [0.15, 0.2) is 39.2 Å². The summed E-state index contributed by atoms with van der Waals surface area (Å²) in [5, 5.41) is 0. The number of sulfonamides is 1. The number of rotatable bonds is 2. The Balaban J connectivity index is 2.36. The van der Waals surface area contributed by atoms with Crippen molar-refractivity contribution < 1.29 is 8.42 Å². The molecule has 1 aromatic carbocycles. The van der Waals surface area contributed by atoms with Crippen LogP contribution in [0.5, 0.6) is 0 Å². The fraction of sp³-hybridized carbons (Fsp3) is 0.333. The molecule has 1 heterocycles. The zero-order valence-corrected chi connectivity index (χ0v) is 12.5. The van der Waals surface area contributed by atoms with E-state index in [-0.39, 0.29) is 4.90 Å². The molecule has 0 aliphatic carbocycles. The molecular formula is C12H15BrN2O2S. The first-order valence-corrected chi connectivity index (χ1v) is 7.85. The third-order valence-electron chi connectivity index (χ3n) is 2.90. The monoisotopic (exact) mass is 330 g/mol. The van der Waals surface area contributed by atoms with Gasteiger partial charge in [0.2, 0.25) is 10.0 Å². The summed E-state index contributed by atoms with van der Waals surface area (Å²) in [4.78, 5) is 0.248. The number of benzene rings is 1. The van der Waals surface area contributed by atoms with Crippen LogP contribution in [0.2, 0.25) is 0 Å². The number of anilines is 1. The lowest BCUT2D eigenvalue weighted by molar-refractivity contribution is 0.428. The van der Waals surface area contributed by atoms with Crippen molar-refractivity contribution in [1.82, 2.24) is 4.31 Å². The molecule has 0 saturated heterocycles. The van der Waals surface area contributed by atoms with Gasteiger partial charge in [0.15, 0.2) is 0 Å². The first-order valence-electron chi connectivity index (χ1n) is 5.62. The summed E-state index contributed by atoms with van der Waals surface area (Å²) in [6.45, 7) is 2.92. The second-order valence-corrected chi connectivity index (χ2v) is 7.15. The molecule has 0 unspecified atom stereocenters. The zero-order valence-electron chi connectivity index (χ0n) is 10.1. The number of hydrogen-bond acceptors (Lipinski definition) is 3. The lowest BCUT2D eigenvalue weighted by Gasteiger charge is -2.25. The van der Waals surface area contributed by atoms with Crippen molar-refractivity contribution >= 4 is 31.6 Å². The van der Waals surface area contributed by atoms with Crippen molar-refractivity contribution in [3.63, 3.8) is 0 Å². The van der Waals surface area contributed by atoms with E-state index in [1.54, 1.807) is 12.1 Å². The van der Waals surface area contributed by atoms with Crippen molar-refractivity contribution in [2.45, 2.75) is 18.2 Å². The summed E-state index contributed by atoms with van der Waals surface area (Å²) in [7, 11) is -3.44. The first kappa shape index (κ1) is 13.6. The molecule has 2 rings (SSSR count). The Hall–Kier alpha value is -0.850. The van der Waals surface area contributed by atoms with Gasteiger partial charge in [-0.15, -0.1) is 0 Å². The summed E-state index contributed by atoms with van der Waals surface area (Å²) in [6, 6.07) is 4.73. The van der Waals surface area contributed by atoms with Crippen molar-refractivity contribution in [2.24, 2.45) is 0 Å². The van der Waals surface area contributed by atoms with Gasteiger partial charge in [0.25, 0.3) is 0 Å². The number of nitrogen functional groups attached to an aromatic ring is 1. The molecule has 0 atom stereocenters. The Morgan fingerprint density at radius 3 is 2.72 bits per heavy atom. The number of nitrogens with two attached hydrogens (primary N) is 1. The molecule has 18 heavy (non-hydrogen) atoms. The molecule has 6 heteroatoms. The highest BCUT2D eigenvalue weighted by Gasteiger charge is 2.26. The van der Waals surface area contributed by atoms with E-state index in [1.165, 1.54) is 10.4 Å². The van der Waals surface area contributed by atoms with E-state index in [2.05, 4.69) is 22.0 Å². The third-order valence-corrected chi connectivity index (χ3v) is 5.47. The van der Waals surface area contributed by atoms with Gasteiger partial charge in [-0.25, -0.2) is 8.42 Å². The predicted molar refractivity (Wildman–Crippen MR) is 75.7 cm³/mol. The Morgan fingerprint density at radius 2 is 2.11 bits per heavy atom. The van der Waals surface area contributed by atoms with E-state index >= 15 is 0 Å². The number of halogens is 1. The van der Waals surface area contributed by atoms with Gasteiger partial charge in [0.05, 0.1) is 4.90 Å². The largest absolute Gasteiger partial charge is 0.398 e.